The van der Waals surface area contributed by atoms with Gasteiger partial charge in [-0.3, -0.25) is 4.99 Å². The zero-order valence-electron chi connectivity index (χ0n) is 12.2. The first-order chi connectivity index (χ1) is 8.58. The molecular formula is C14H28IN3O. The van der Waals surface area contributed by atoms with Crippen molar-refractivity contribution in [3.8, 4) is 0 Å². The van der Waals surface area contributed by atoms with Crippen LogP contribution in [0.4, 0.5) is 0 Å². The minimum Gasteiger partial charge on any atom is -0.382 e. The van der Waals surface area contributed by atoms with Crippen molar-refractivity contribution in [2.75, 3.05) is 26.3 Å². The van der Waals surface area contributed by atoms with Gasteiger partial charge in [-0.25, -0.2) is 0 Å². The molecular weight excluding hydrogens is 353 g/mol. The van der Waals surface area contributed by atoms with Gasteiger partial charge in [0, 0.05) is 26.3 Å². The third kappa shape index (κ3) is 7.15. The largest absolute Gasteiger partial charge is 0.382 e. The van der Waals surface area contributed by atoms with Crippen molar-refractivity contribution in [1.82, 2.24) is 5.32 Å². The molecule has 0 aromatic heterocycles. The summed E-state index contributed by atoms with van der Waals surface area (Å²) in [6.45, 7) is 11.0. The van der Waals surface area contributed by atoms with Crippen molar-refractivity contribution in [2.45, 2.75) is 39.5 Å². The van der Waals surface area contributed by atoms with Crippen molar-refractivity contribution < 1.29 is 4.74 Å². The summed E-state index contributed by atoms with van der Waals surface area (Å²) in [6.07, 6.45) is 4.90. The van der Waals surface area contributed by atoms with Crippen molar-refractivity contribution in [3.05, 3.63) is 12.2 Å². The molecule has 1 aliphatic rings. The Kier molecular flexibility index (Phi) is 9.43. The van der Waals surface area contributed by atoms with Crippen LogP contribution in [-0.2, 0) is 4.74 Å². The maximum absolute atomic E-state index is 5.83. The van der Waals surface area contributed by atoms with Crippen LogP contribution in [0.15, 0.2) is 17.1 Å². The highest BCUT2D eigenvalue weighted by Gasteiger charge is 2.36. The summed E-state index contributed by atoms with van der Waals surface area (Å²) in [5, 5.41) is 3.07. The van der Waals surface area contributed by atoms with Gasteiger partial charge in [-0.2, -0.15) is 0 Å². The Morgan fingerprint density at radius 1 is 1.47 bits per heavy atom. The number of aliphatic imine (C=N–C) groups is 1. The van der Waals surface area contributed by atoms with Gasteiger partial charge >= 0.3 is 0 Å². The smallest absolute Gasteiger partial charge is 0.188 e. The lowest BCUT2D eigenvalue weighted by molar-refractivity contribution is 0.0609. The third-order valence-electron chi connectivity index (χ3n) is 3.55. The molecule has 0 heterocycles. The number of rotatable bonds is 8. The minimum absolute atomic E-state index is 0. The van der Waals surface area contributed by atoms with Gasteiger partial charge in [0.2, 0.25) is 0 Å². The third-order valence-corrected chi connectivity index (χ3v) is 3.55. The van der Waals surface area contributed by atoms with Crippen LogP contribution in [0.2, 0.25) is 0 Å². The summed E-state index contributed by atoms with van der Waals surface area (Å²) in [7, 11) is 0. The van der Waals surface area contributed by atoms with E-state index < -0.39 is 0 Å². The number of hydrogen-bond acceptors (Lipinski definition) is 2. The van der Waals surface area contributed by atoms with Crippen LogP contribution >= 0.6 is 24.0 Å². The van der Waals surface area contributed by atoms with Gasteiger partial charge in [0.05, 0.1) is 0 Å². The normalized spacial score (nSPS) is 17.3. The van der Waals surface area contributed by atoms with Gasteiger partial charge in [0.25, 0.3) is 0 Å². The molecule has 0 aliphatic heterocycles. The molecule has 0 aromatic rings. The van der Waals surface area contributed by atoms with Crippen LogP contribution in [0.1, 0.15) is 39.5 Å². The molecule has 1 saturated carbocycles. The zero-order valence-corrected chi connectivity index (χ0v) is 14.5. The average Bonchev–Trinajstić information content (AvgIpc) is 2.29. The van der Waals surface area contributed by atoms with Crippen LogP contribution in [0.25, 0.3) is 0 Å². The molecule has 1 rings (SSSR count). The number of ether oxygens (including phenoxy) is 1. The molecule has 1 fully saturated rings. The van der Waals surface area contributed by atoms with E-state index in [9.17, 15) is 0 Å². The Morgan fingerprint density at radius 2 is 2.16 bits per heavy atom. The van der Waals surface area contributed by atoms with E-state index in [1.54, 1.807) is 0 Å². The average molecular weight is 381 g/mol. The molecule has 4 nitrogen and oxygen atoms in total. The molecule has 19 heavy (non-hydrogen) atoms. The lowest BCUT2D eigenvalue weighted by Gasteiger charge is -2.40. The van der Waals surface area contributed by atoms with Crippen LogP contribution in [0.5, 0.6) is 0 Å². The zero-order chi connectivity index (χ0) is 13.4. The predicted molar refractivity (Wildman–Crippen MR) is 92.1 cm³/mol. The van der Waals surface area contributed by atoms with Gasteiger partial charge in [-0.1, -0.05) is 18.6 Å². The number of hydrogen-bond donors (Lipinski definition) is 2. The molecule has 0 unspecified atom stereocenters. The Balaban J connectivity index is 0.00000324. The van der Waals surface area contributed by atoms with E-state index in [4.69, 9.17) is 10.5 Å². The molecule has 3 N–H and O–H groups in total. The lowest BCUT2D eigenvalue weighted by atomic mass is 9.67. The molecule has 1 aliphatic carbocycles. The fourth-order valence-corrected chi connectivity index (χ4v) is 2.15. The molecule has 5 heteroatoms. The first-order valence-corrected chi connectivity index (χ1v) is 6.84. The molecule has 0 amide bonds. The van der Waals surface area contributed by atoms with E-state index in [0.717, 1.165) is 31.8 Å². The second-order valence-electron chi connectivity index (χ2n) is 5.31. The molecule has 112 valence electrons. The molecule has 0 saturated heterocycles. The highest BCUT2D eigenvalue weighted by atomic mass is 127. The van der Waals surface area contributed by atoms with E-state index in [-0.39, 0.29) is 24.0 Å². The van der Waals surface area contributed by atoms with E-state index in [2.05, 4.69) is 16.9 Å². The van der Waals surface area contributed by atoms with Crippen LogP contribution in [0.3, 0.4) is 0 Å². The Labute approximate surface area is 134 Å². The van der Waals surface area contributed by atoms with Crippen LogP contribution < -0.4 is 11.1 Å². The minimum atomic E-state index is 0. The first-order valence-electron chi connectivity index (χ1n) is 6.84. The second kappa shape index (κ2) is 9.58. The quantitative estimate of drug-likeness (QED) is 0.224. The molecule has 0 bridgehead atoms. The number of halogens is 1. The summed E-state index contributed by atoms with van der Waals surface area (Å²) in [6, 6.07) is 0. The highest BCUT2D eigenvalue weighted by molar-refractivity contribution is 14.0. The van der Waals surface area contributed by atoms with E-state index in [0.29, 0.717) is 17.9 Å². The number of nitrogens with two attached hydrogens (primary N) is 1. The fourth-order valence-electron chi connectivity index (χ4n) is 2.15. The fraction of sp³-hybridized carbons (Fsp3) is 0.786. The molecule has 0 spiro atoms. The number of nitrogens with zero attached hydrogens (tertiary/aromatic N) is 1. The number of nitrogens with one attached hydrogen (secondary N) is 1. The van der Waals surface area contributed by atoms with Crippen LogP contribution in [0, 0.1) is 5.41 Å². The Hall–Kier alpha value is -0.300. The maximum atomic E-state index is 5.83. The van der Waals surface area contributed by atoms with E-state index in [1.807, 2.05) is 13.8 Å². The predicted octanol–water partition coefficient (Wildman–Crippen LogP) is 2.68. The standard InChI is InChI=1S/C14H27N3O.HI/c1-4-18-9-8-14(6-5-7-14)11-17-13(15)16-10-12(2)3;/h2,4-11H2,1,3H3,(H3,15,16,17);1H. The first kappa shape index (κ1) is 18.7. The summed E-state index contributed by atoms with van der Waals surface area (Å²) >= 11 is 0. The van der Waals surface area contributed by atoms with Crippen LogP contribution in [-0.4, -0.2) is 32.3 Å². The van der Waals surface area contributed by atoms with E-state index >= 15 is 0 Å². The van der Waals surface area contributed by atoms with Crippen molar-refractivity contribution >= 4 is 29.9 Å². The summed E-state index contributed by atoms with van der Waals surface area (Å²) in [5.41, 5.74) is 7.23. The van der Waals surface area contributed by atoms with Crippen molar-refractivity contribution in [2.24, 2.45) is 16.1 Å². The van der Waals surface area contributed by atoms with Crippen molar-refractivity contribution in [1.29, 1.82) is 0 Å². The monoisotopic (exact) mass is 381 g/mol. The maximum Gasteiger partial charge on any atom is 0.188 e. The van der Waals surface area contributed by atoms with Gasteiger partial charge < -0.3 is 15.8 Å². The topological polar surface area (TPSA) is 59.6 Å². The van der Waals surface area contributed by atoms with Gasteiger partial charge in [-0.05, 0) is 38.5 Å². The summed E-state index contributed by atoms with van der Waals surface area (Å²) in [4.78, 5) is 4.46. The second-order valence-corrected chi connectivity index (χ2v) is 5.31. The molecule has 0 aromatic carbocycles. The molecule has 0 radical (unpaired) electrons. The number of guanidine groups is 1. The van der Waals surface area contributed by atoms with Gasteiger partial charge in [0.15, 0.2) is 5.96 Å². The van der Waals surface area contributed by atoms with Gasteiger partial charge in [0.1, 0.15) is 0 Å². The summed E-state index contributed by atoms with van der Waals surface area (Å²) in [5.74, 6) is 0.528. The molecule has 0 atom stereocenters. The summed E-state index contributed by atoms with van der Waals surface area (Å²) < 4.78 is 5.44. The SMILES string of the molecule is C=C(C)CNC(N)=NCC1(CCOCC)CCC1.I. The lowest BCUT2D eigenvalue weighted by Crippen LogP contribution is -2.38. The Morgan fingerprint density at radius 3 is 2.63 bits per heavy atom. The Bertz CT molecular complexity index is 301. The van der Waals surface area contributed by atoms with Crippen molar-refractivity contribution in [3.63, 3.8) is 0 Å². The van der Waals surface area contributed by atoms with Gasteiger partial charge in [-0.15, -0.1) is 24.0 Å². The highest BCUT2D eigenvalue weighted by Crippen LogP contribution is 2.44. The van der Waals surface area contributed by atoms with E-state index in [1.165, 1.54) is 19.3 Å².